The van der Waals surface area contributed by atoms with Gasteiger partial charge in [0, 0.05) is 32.1 Å². The summed E-state index contributed by atoms with van der Waals surface area (Å²) < 4.78 is 0. The van der Waals surface area contributed by atoms with E-state index in [9.17, 15) is 9.59 Å². The zero-order chi connectivity index (χ0) is 14.5. The van der Waals surface area contributed by atoms with E-state index >= 15 is 0 Å². The van der Waals surface area contributed by atoms with E-state index in [2.05, 4.69) is 6.92 Å². The summed E-state index contributed by atoms with van der Waals surface area (Å²) in [4.78, 5) is 27.2. The molecule has 2 aliphatic heterocycles. The SMILES string of the molecule is CC1CCCCCN1C(=O)N1CCC(CC(=O)O)CC1. The molecule has 2 heterocycles. The number of rotatable bonds is 2. The highest BCUT2D eigenvalue weighted by Crippen LogP contribution is 2.23. The van der Waals surface area contributed by atoms with E-state index in [1.807, 2.05) is 9.80 Å². The molecule has 1 atom stereocenters. The quantitative estimate of drug-likeness (QED) is 0.846. The van der Waals surface area contributed by atoms with Gasteiger partial charge >= 0.3 is 12.0 Å². The highest BCUT2D eigenvalue weighted by molar-refractivity contribution is 5.75. The average molecular weight is 282 g/mol. The van der Waals surface area contributed by atoms with Gasteiger partial charge in [0.15, 0.2) is 0 Å². The molecule has 0 saturated carbocycles. The summed E-state index contributed by atoms with van der Waals surface area (Å²) in [6, 6.07) is 0.495. The van der Waals surface area contributed by atoms with Gasteiger partial charge in [-0.2, -0.15) is 0 Å². The Bertz CT molecular complexity index is 351. The lowest BCUT2D eigenvalue weighted by molar-refractivity contribution is -0.138. The monoisotopic (exact) mass is 282 g/mol. The lowest BCUT2D eigenvalue weighted by Crippen LogP contribution is -2.49. The Labute approximate surface area is 120 Å². The maximum Gasteiger partial charge on any atom is 0.320 e. The van der Waals surface area contributed by atoms with Crippen molar-refractivity contribution in [2.75, 3.05) is 19.6 Å². The van der Waals surface area contributed by atoms with Crippen molar-refractivity contribution in [2.24, 2.45) is 5.92 Å². The van der Waals surface area contributed by atoms with Gasteiger partial charge < -0.3 is 14.9 Å². The Morgan fingerprint density at radius 3 is 2.40 bits per heavy atom. The first-order chi connectivity index (χ1) is 9.58. The summed E-state index contributed by atoms with van der Waals surface area (Å²) in [5, 5.41) is 8.82. The van der Waals surface area contributed by atoms with E-state index < -0.39 is 5.97 Å². The Morgan fingerprint density at radius 2 is 1.75 bits per heavy atom. The van der Waals surface area contributed by atoms with Crippen molar-refractivity contribution in [1.82, 2.24) is 9.80 Å². The van der Waals surface area contributed by atoms with E-state index in [1.165, 1.54) is 12.8 Å². The van der Waals surface area contributed by atoms with E-state index in [-0.39, 0.29) is 18.4 Å². The lowest BCUT2D eigenvalue weighted by Gasteiger charge is -2.37. The number of carbonyl (C=O) groups excluding carboxylic acids is 1. The normalized spacial score (nSPS) is 25.4. The highest BCUT2D eigenvalue weighted by atomic mass is 16.4. The second-order valence-electron chi connectivity index (χ2n) is 6.20. The molecule has 0 spiro atoms. The van der Waals surface area contributed by atoms with Crippen molar-refractivity contribution >= 4 is 12.0 Å². The third-order valence-corrected chi connectivity index (χ3v) is 4.65. The molecule has 5 heteroatoms. The van der Waals surface area contributed by atoms with Crippen LogP contribution in [0.15, 0.2) is 0 Å². The van der Waals surface area contributed by atoms with Crippen LogP contribution in [0.2, 0.25) is 0 Å². The molecule has 2 amide bonds. The summed E-state index contributed by atoms with van der Waals surface area (Å²) in [6.07, 6.45) is 6.51. The van der Waals surface area contributed by atoms with Gasteiger partial charge in [0.2, 0.25) is 0 Å². The highest BCUT2D eigenvalue weighted by Gasteiger charge is 2.29. The van der Waals surface area contributed by atoms with E-state index in [1.54, 1.807) is 0 Å². The molecular weight excluding hydrogens is 256 g/mol. The van der Waals surface area contributed by atoms with Crippen molar-refractivity contribution in [1.29, 1.82) is 0 Å². The minimum Gasteiger partial charge on any atom is -0.481 e. The molecule has 1 unspecified atom stereocenters. The van der Waals surface area contributed by atoms with Crippen molar-refractivity contribution in [3.63, 3.8) is 0 Å². The van der Waals surface area contributed by atoms with E-state index in [0.29, 0.717) is 19.1 Å². The summed E-state index contributed by atoms with van der Waals surface area (Å²) >= 11 is 0. The minimum atomic E-state index is -0.726. The van der Waals surface area contributed by atoms with Crippen LogP contribution in [0.1, 0.15) is 51.9 Å². The molecular formula is C15H26N2O3. The number of aliphatic carboxylic acids is 1. The van der Waals surface area contributed by atoms with Crippen molar-refractivity contribution in [3.8, 4) is 0 Å². The zero-order valence-electron chi connectivity index (χ0n) is 12.4. The molecule has 2 fully saturated rings. The number of likely N-dealkylation sites (tertiary alicyclic amines) is 2. The summed E-state index contributed by atoms with van der Waals surface area (Å²) in [7, 11) is 0. The Hall–Kier alpha value is -1.26. The molecule has 114 valence electrons. The van der Waals surface area contributed by atoms with Crippen molar-refractivity contribution in [2.45, 2.75) is 57.9 Å². The molecule has 0 radical (unpaired) electrons. The third-order valence-electron chi connectivity index (χ3n) is 4.65. The van der Waals surface area contributed by atoms with Crippen molar-refractivity contribution < 1.29 is 14.7 Å². The summed E-state index contributed by atoms with van der Waals surface area (Å²) in [6.45, 7) is 4.43. The molecule has 0 aromatic rings. The molecule has 2 aliphatic rings. The number of hydrogen-bond donors (Lipinski definition) is 1. The second kappa shape index (κ2) is 6.95. The number of hydrogen-bond acceptors (Lipinski definition) is 2. The number of amides is 2. The molecule has 5 nitrogen and oxygen atoms in total. The van der Waals surface area contributed by atoms with Crippen LogP contribution in [0.5, 0.6) is 0 Å². The predicted octanol–water partition coefficient (Wildman–Crippen LogP) is 2.56. The van der Waals surface area contributed by atoms with Crippen LogP contribution in [0, 0.1) is 5.92 Å². The first kappa shape index (κ1) is 15.1. The van der Waals surface area contributed by atoms with Gasteiger partial charge in [0.25, 0.3) is 0 Å². The maximum absolute atomic E-state index is 12.6. The molecule has 0 aromatic carbocycles. The smallest absolute Gasteiger partial charge is 0.320 e. The average Bonchev–Trinajstić information content (AvgIpc) is 2.63. The lowest BCUT2D eigenvalue weighted by atomic mass is 9.94. The number of carbonyl (C=O) groups is 2. The van der Waals surface area contributed by atoms with Gasteiger partial charge in [-0.05, 0) is 38.5 Å². The first-order valence-electron chi connectivity index (χ1n) is 7.85. The molecule has 0 aliphatic carbocycles. The molecule has 2 rings (SSSR count). The van der Waals surface area contributed by atoms with Gasteiger partial charge in [0.1, 0.15) is 0 Å². The van der Waals surface area contributed by atoms with Gasteiger partial charge in [0.05, 0.1) is 0 Å². The second-order valence-corrected chi connectivity index (χ2v) is 6.20. The number of urea groups is 1. The Balaban J connectivity index is 1.85. The van der Waals surface area contributed by atoms with Gasteiger partial charge in [-0.1, -0.05) is 12.8 Å². The Kier molecular flexibility index (Phi) is 5.26. The standard InChI is InChI=1S/C15H26N2O3/c1-12-5-3-2-4-8-17(12)15(20)16-9-6-13(7-10-16)11-14(18)19/h12-13H,2-11H2,1H3,(H,18,19). The summed E-state index contributed by atoms with van der Waals surface area (Å²) in [5.74, 6) is -0.492. The van der Waals surface area contributed by atoms with Crippen LogP contribution in [-0.4, -0.2) is 52.6 Å². The van der Waals surface area contributed by atoms with Crippen molar-refractivity contribution in [3.05, 3.63) is 0 Å². The molecule has 0 aromatic heterocycles. The summed E-state index contributed by atoms with van der Waals surface area (Å²) in [5.41, 5.74) is 0. The van der Waals surface area contributed by atoms with Crippen LogP contribution >= 0.6 is 0 Å². The molecule has 1 N–H and O–H groups in total. The zero-order valence-corrected chi connectivity index (χ0v) is 12.4. The van der Waals surface area contributed by atoms with Gasteiger partial charge in [-0.25, -0.2) is 4.79 Å². The predicted molar refractivity (Wildman–Crippen MR) is 76.6 cm³/mol. The van der Waals surface area contributed by atoms with Crippen LogP contribution in [0.4, 0.5) is 4.79 Å². The molecule has 0 bridgehead atoms. The largest absolute Gasteiger partial charge is 0.481 e. The van der Waals surface area contributed by atoms with Gasteiger partial charge in [-0.15, -0.1) is 0 Å². The minimum absolute atomic E-state index is 0.160. The molecule has 20 heavy (non-hydrogen) atoms. The van der Waals surface area contributed by atoms with Crippen LogP contribution < -0.4 is 0 Å². The number of carboxylic acid groups (broad SMARTS) is 1. The van der Waals surface area contributed by atoms with E-state index in [4.69, 9.17) is 5.11 Å². The Morgan fingerprint density at radius 1 is 1.05 bits per heavy atom. The van der Waals surface area contributed by atoms with Crippen LogP contribution in [-0.2, 0) is 4.79 Å². The van der Waals surface area contributed by atoms with Crippen LogP contribution in [0.25, 0.3) is 0 Å². The van der Waals surface area contributed by atoms with E-state index in [0.717, 1.165) is 32.2 Å². The maximum atomic E-state index is 12.6. The number of piperidine rings is 1. The fourth-order valence-corrected chi connectivity index (χ4v) is 3.32. The van der Waals surface area contributed by atoms with Gasteiger partial charge in [-0.3, -0.25) is 4.79 Å². The fraction of sp³-hybridized carbons (Fsp3) is 0.867. The third kappa shape index (κ3) is 3.87. The topological polar surface area (TPSA) is 60.9 Å². The number of carboxylic acids is 1. The number of nitrogens with zero attached hydrogens (tertiary/aromatic N) is 2. The first-order valence-corrected chi connectivity index (χ1v) is 7.85. The fourth-order valence-electron chi connectivity index (χ4n) is 3.32. The molecule has 2 saturated heterocycles. The van der Waals surface area contributed by atoms with Crippen LogP contribution in [0.3, 0.4) is 0 Å².